The fraction of sp³-hybridized carbons (Fsp3) is 0.0426. The number of para-hydroxylation sites is 3. The summed E-state index contributed by atoms with van der Waals surface area (Å²) in [4.78, 5) is 7.27. The molecule has 2 aliphatic rings. The van der Waals surface area contributed by atoms with Crippen molar-refractivity contribution >= 4 is 44.3 Å². The molecule has 3 heterocycles. The number of hydrogen-bond donors (Lipinski definition) is 0. The Kier molecular flexibility index (Phi) is 6.63. The third kappa shape index (κ3) is 4.48. The maximum Gasteiger partial charge on any atom is 0.0651 e. The number of fused-ring (bicyclic) bond motifs is 8. The van der Waals surface area contributed by atoms with Crippen LogP contribution in [0.1, 0.15) is 18.4 Å². The summed E-state index contributed by atoms with van der Waals surface area (Å²) < 4.78 is 2.48. The molecule has 2 aromatic heterocycles. The molecule has 3 nitrogen and oxygen atoms in total. The van der Waals surface area contributed by atoms with E-state index in [1.54, 1.807) is 0 Å². The first kappa shape index (κ1) is 28.6. The van der Waals surface area contributed by atoms with Crippen LogP contribution in [-0.4, -0.2) is 9.55 Å². The molecule has 0 saturated carbocycles. The van der Waals surface area contributed by atoms with Crippen molar-refractivity contribution in [2.24, 2.45) is 0 Å². The summed E-state index contributed by atoms with van der Waals surface area (Å²) >= 11 is 0. The second-order valence-electron chi connectivity index (χ2n) is 13.1. The molecule has 0 radical (unpaired) electrons. The van der Waals surface area contributed by atoms with Gasteiger partial charge < -0.3 is 9.47 Å². The van der Waals surface area contributed by atoms with Gasteiger partial charge in [-0.05, 0) is 76.7 Å². The molecule has 0 saturated heterocycles. The van der Waals surface area contributed by atoms with Gasteiger partial charge in [0.15, 0.2) is 0 Å². The number of allylic oxidation sites excluding steroid dienone is 4. The molecule has 236 valence electrons. The minimum atomic E-state index is 1.02. The lowest BCUT2D eigenvalue weighted by Crippen LogP contribution is -2.11. The highest BCUT2D eigenvalue weighted by molar-refractivity contribution is 6.13. The van der Waals surface area contributed by atoms with Crippen molar-refractivity contribution in [2.45, 2.75) is 12.8 Å². The van der Waals surface area contributed by atoms with Crippen molar-refractivity contribution in [3.05, 3.63) is 182 Å². The average Bonchev–Trinajstić information content (AvgIpc) is 3.47. The summed E-state index contributed by atoms with van der Waals surface area (Å²) in [6, 6.07) is 52.9. The van der Waals surface area contributed by atoms with Gasteiger partial charge >= 0.3 is 0 Å². The zero-order chi connectivity index (χ0) is 33.0. The zero-order valence-corrected chi connectivity index (χ0v) is 27.5. The Morgan fingerprint density at radius 2 is 1.22 bits per heavy atom. The smallest absolute Gasteiger partial charge is 0.0651 e. The Morgan fingerprint density at radius 1 is 0.520 bits per heavy atom. The van der Waals surface area contributed by atoms with Crippen LogP contribution in [0.3, 0.4) is 0 Å². The third-order valence-corrected chi connectivity index (χ3v) is 10.2. The molecular weight excluding hydrogens is 607 g/mol. The summed E-state index contributed by atoms with van der Waals surface area (Å²) in [5, 5.41) is 3.68. The molecule has 0 bridgehead atoms. The Hall–Kier alpha value is -6.45. The number of anilines is 3. The van der Waals surface area contributed by atoms with Crippen LogP contribution in [0.4, 0.5) is 17.1 Å². The van der Waals surface area contributed by atoms with Crippen LogP contribution < -0.4 is 4.90 Å². The molecule has 50 heavy (non-hydrogen) atoms. The van der Waals surface area contributed by atoms with Gasteiger partial charge in [0.25, 0.3) is 0 Å². The number of pyridine rings is 1. The number of hydrogen-bond acceptors (Lipinski definition) is 2. The van der Waals surface area contributed by atoms with E-state index in [0.717, 1.165) is 41.2 Å². The van der Waals surface area contributed by atoms with Gasteiger partial charge in [0, 0.05) is 39.5 Å². The van der Waals surface area contributed by atoms with Crippen molar-refractivity contribution in [1.29, 1.82) is 0 Å². The predicted molar refractivity (Wildman–Crippen MR) is 209 cm³/mol. The molecule has 1 aliphatic carbocycles. The standard InChI is InChI=1S/C47H33N3/c1-2-14-32(15-3-1)34-18-12-19-36(28-34)50-44-26-10-7-22-41(44)46-40-21-6-9-25-43(40)49(45-27-11-8-23-42(45)47(46)50)37-29-35(30-48-31-37)39-24-13-17-33-16-4-5-20-38(33)39/h2,4-31H,1,3H2. The normalized spacial score (nSPS) is 13.4. The Labute approximate surface area is 291 Å². The number of rotatable bonds is 4. The van der Waals surface area contributed by atoms with E-state index in [4.69, 9.17) is 4.98 Å². The van der Waals surface area contributed by atoms with Crippen molar-refractivity contribution in [1.82, 2.24) is 9.55 Å². The molecule has 0 N–H and O–H groups in total. The fourth-order valence-corrected chi connectivity index (χ4v) is 8.02. The molecule has 0 spiro atoms. The van der Waals surface area contributed by atoms with Crippen LogP contribution in [0.25, 0.3) is 66.4 Å². The Balaban J connectivity index is 1.24. The third-order valence-electron chi connectivity index (χ3n) is 10.2. The van der Waals surface area contributed by atoms with Crippen LogP contribution >= 0.6 is 0 Å². The van der Waals surface area contributed by atoms with Gasteiger partial charge in [0.05, 0.1) is 34.5 Å². The highest BCUT2D eigenvalue weighted by Gasteiger charge is 2.31. The Bertz CT molecular complexity index is 2670. The van der Waals surface area contributed by atoms with E-state index in [-0.39, 0.29) is 0 Å². The molecule has 8 aromatic rings. The minimum Gasteiger partial charge on any atom is -0.309 e. The van der Waals surface area contributed by atoms with E-state index in [9.17, 15) is 0 Å². The lowest BCUT2D eigenvalue weighted by Gasteiger charge is -2.27. The summed E-state index contributed by atoms with van der Waals surface area (Å²) in [5.41, 5.74) is 15.2. The van der Waals surface area contributed by atoms with Crippen LogP contribution in [0.15, 0.2) is 176 Å². The summed E-state index contributed by atoms with van der Waals surface area (Å²) in [5.74, 6) is 0. The van der Waals surface area contributed by atoms with Crippen molar-refractivity contribution in [3.8, 4) is 39.2 Å². The molecule has 3 heteroatoms. The molecule has 1 aliphatic heterocycles. The monoisotopic (exact) mass is 639 g/mol. The van der Waals surface area contributed by atoms with Crippen LogP contribution in [0.5, 0.6) is 0 Å². The van der Waals surface area contributed by atoms with Gasteiger partial charge in [0.1, 0.15) is 0 Å². The van der Waals surface area contributed by atoms with Gasteiger partial charge in [0.2, 0.25) is 0 Å². The van der Waals surface area contributed by atoms with Crippen molar-refractivity contribution in [3.63, 3.8) is 0 Å². The predicted octanol–water partition coefficient (Wildman–Crippen LogP) is 12.7. The molecule has 6 aromatic carbocycles. The number of benzene rings is 6. The van der Waals surface area contributed by atoms with E-state index in [1.165, 1.54) is 60.8 Å². The van der Waals surface area contributed by atoms with E-state index in [1.807, 2.05) is 12.4 Å². The van der Waals surface area contributed by atoms with E-state index in [2.05, 4.69) is 173 Å². The first-order chi connectivity index (χ1) is 24.8. The second-order valence-corrected chi connectivity index (χ2v) is 13.1. The van der Waals surface area contributed by atoms with Gasteiger partial charge in [-0.3, -0.25) is 4.98 Å². The van der Waals surface area contributed by atoms with Crippen molar-refractivity contribution in [2.75, 3.05) is 4.90 Å². The largest absolute Gasteiger partial charge is 0.309 e. The lowest BCUT2D eigenvalue weighted by atomic mass is 9.98. The van der Waals surface area contributed by atoms with Gasteiger partial charge in [-0.1, -0.05) is 127 Å². The van der Waals surface area contributed by atoms with Gasteiger partial charge in [-0.15, -0.1) is 0 Å². The molecular formula is C47H33N3. The molecule has 0 atom stereocenters. The molecule has 0 unspecified atom stereocenters. The van der Waals surface area contributed by atoms with Crippen molar-refractivity contribution < 1.29 is 0 Å². The maximum absolute atomic E-state index is 4.87. The zero-order valence-electron chi connectivity index (χ0n) is 27.5. The maximum atomic E-state index is 4.87. The quantitative estimate of drug-likeness (QED) is 0.191. The SMILES string of the molecule is C1=CC(c2cccc(-n3c4c(c5ccccc53)-c3ccccc3N(c3cncc(-c5cccc6ccccc56)c3)c3ccccc3-4)c2)=CCC1. The summed E-state index contributed by atoms with van der Waals surface area (Å²) in [6.45, 7) is 0. The topological polar surface area (TPSA) is 21.1 Å². The number of aromatic nitrogens is 2. The highest BCUT2D eigenvalue weighted by Crippen LogP contribution is 2.54. The average molecular weight is 640 g/mol. The minimum absolute atomic E-state index is 1.02. The summed E-state index contributed by atoms with van der Waals surface area (Å²) in [6.07, 6.45) is 13.1. The lowest BCUT2D eigenvalue weighted by molar-refractivity contribution is 1.04. The Morgan fingerprint density at radius 3 is 2.10 bits per heavy atom. The van der Waals surface area contributed by atoms with E-state index >= 15 is 0 Å². The number of nitrogens with zero attached hydrogens (tertiary/aromatic N) is 3. The summed E-state index contributed by atoms with van der Waals surface area (Å²) in [7, 11) is 0. The van der Waals surface area contributed by atoms with E-state index in [0.29, 0.717) is 0 Å². The molecule has 0 amide bonds. The molecule has 10 rings (SSSR count). The second kappa shape index (κ2) is 11.6. The molecule has 0 fully saturated rings. The highest BCUT2D eigenvalue weighted by atomic mass is 15.2. The van der Waals surface area contributed by atoms with E-state index < -0.39 is 0 Å². The first-order valence-corrected chi connectivity index (χ1v) is 17.4. The first-order valence-electron chi connectivity index (χ1n) is 17.4. The van der Waals surface area contributed by atoms with Gasteiger partial charge in [-0.2, -0.15) is 0 Å². The van der Waals surface area contributed by atoms with Crippen LogP contribution in [0.2, 0.25) is 0 Å². The van der Waals surface area contributed by atoms with Gasteiger partial charge in [-0.25, -0.2) is 0 Å². The fourth-order valence-electron chi connectivity index (χ4n) is 8.02. The van der Waals surface area contributed by atoms with Crippen LogP contribution in [-0.2, 0) is 0 Å². The van der Waals surface area contributed by atoms with Crippen LogP contribution in [0, 0.1) is 0 Å².